The SMILES string of the molecule is CS(=O)(=O)c1cc(C(=O)NCc2cccc(Cl)c2)ccc1Cl. The van der Waals surface area contributed by atoms with Gasteiger partial charge in [-0.25, -0.2) is 8.42 Å². The fraction of sp³-hybridized carbons (Fsp3) is 0.133. The highest BCUT2D eigenvalue weighted by molar-refractivity contribution is 7.90. The highest BCUT2D eigenvalue weighted by atomic mass is 35.5. The van der Waals surface area contributed by atoms with Crippen LogP contribution in [0.15, 0.2) is 47.4 Å². The van der Waals surface area contributed by atoms with Crippen molar-refractivity contribution in [3.8, 4) is 0 Å². The van der Waals surface area contributed by atoms with E-state index in [4.69, 9.17) is 23.2 Å². The lowest BCUT2D eigenvalue weighted by atomic mass is 10.2. The summed E-state index contributed by atoms with van der Waals surface area (Å²) in [5.74, 6) is -0.387. The van der Waals surface area contributed by atoms with Crippen molar-refractivity contribution in [1.29, 1.82) is 0 Å². The fourth-order valence-electron chi connectivity index (χ4n) is 1.86. The van der Waals surface area contributed by atoms with Gasteiger partial charge in [0.25, 0.3) is 5.91 Å². The van der Waals surface area contributed by atoms with Gasteiger partial charge in [-0.15, -0.1) is 0 Å². The summed E-state index contributed by atoms with van der Waals surface area (Å²) in [7, 11) is -3.49. The first-order valence-electron chi connectivity index (χ1n) is 6.29. The molecule has 0 radical (unpaired) electrons. The molecule has 1 amide bonds. The molecule has 1 N–H and O–H groups in total. The van der Waals surface area contributed by atoms with Crippen molar-refractivity contribution in [2.24, 2.45) is 0 Å². The Hall–Kier alpha value is -1.56. The van der Waals surface area contributed by atoms with Crippen LogP contribution in [0, 0.1) is 0 Å². The zero-order valence-electron chi connectivity index (χ0n) is 11.6. The Morgan fingerprint density at radius 3 is 2.50 bits per heavy atom. The summed E-state index contributed by atoms with van der Waals surface area (Å²) in [5.41, 5.74) is 1.07. The fourth-order valence-corrected chi connectivity index (χ4v) is 3.37. The van der Waals surface area contributed by atoms with Gasteiger partial charge in [0.05, 0.1) is 9.92 Å². The van der Waals surface area contributed by atoms with E-state index in [2.05, 4.69) is 5.32 Å². The molecule has 2 aromatic rings. The molecule has 7 heteroatoms. The number of hydrogen-bond acceptors (Lipinski definition) is 3. The van der Waals surface area contributed by atoms with Gasteiger partial charge in [-0.1, -0.05) is 35.3 Å². The molecule has 0 bridgehead atoms. The lowest BCUT2D eigenvalue weighted by molar-refractivity contribution is 0.0950. The van der Waals surface area contributed by atoms with Gasteiger partial charge in [-0.05, 0) is 35.9 Å². The van der Waals surface area contributed by atoms with Crippen LogP contribution in [0.3, 0.4) is 0 Å². The van der Waals surface area contributed by atoms with Crippen molar-refractivity contribution in [1.82, 2.24) is 5.32 Å². The van der Waals surface area contributed by atoms with Gasteiger partial charge in [0.2, 0.25) is 0 Å². The Labute approximate surface area is 139 Å². The molecule has 0 heterocycles. The molecule has 0 aromatic heterocycles. The lowest BCUT2D eigenvalue weighted by Crippen LogP contribution is -2.23. The van der Waals surface area contributed by atoms with Crippen LogP contribution in [0.1, 0.15) is 15.9 Å². The largest absolute Gasteiger partial charge is 0.348 e. The standard InChI is InChI=1S/C15H13Cl2NO3S/c1-22(20,21)14-8-11(5-6-13(14)17)15(19)18-9-10-3-2-4-12(16)7-10/h2-8H,9H2,1H3,(H,18,19). The van der Waals surface area contributed by atoms with Crippen molar-refractivity contribution < 1.29 is 13.2 Å². The third-order valence-electron chi connectivity index (χ3n) is 2.93. The van der Waals surface area contributed by atoms with E-state index in [0.29, 0.717) is 5.02 Å². The highest BCUT2D eigenvalue weighted by Crippen LogP contribution is 2.22. The summed E-state index contributed by atoms with van der Waals surface area (Å²) in [6.07, 6.45) is 1.04. The van der Waals surface area contributed by atoms with E-state index in [0.717, 1.165) is 11.8 Å². The normalized spacial score (nSPS) is 11.2. The zero-order chi connectivity index (χ0) is 16.3. The number of rotatable bonds is 4. The van der Waals surface area contributed by atoms with Crippen LogP contribution in [0.25, 0.3) is 0 Å². The number of carbonyl (C=O) groups is 1. The van der Waals surface area contributed by atoms with Crippen molar-refractivity contribution in [2.45, 2.75) is 11.4 Å². The van der Waals surface area contributed by atoms with Gasteiger partial charge >= 0.3 is 0 Å². The highest BCUT2D eigenvalue weighted by Gasteiger charge is 2.15. The maximum atomic E-state index is 12.1. The second-order valence-electron chi connectivity index (χ2n) is 4.73. The van der Waals surface area contributed by atoms with E-state index < -0.39 is 9.84 Å². The van der Waals surface area contributed by atoms with E-state index in [1.807, 2.05) is 6.07 Å². The maximum Gasteiger partial charge on any atom is 0.251 e. The minimum atomic E-state index is -3.49. The molecule has 0 aliphatic heterocycles. The first-order valence-corrected chi connectivity index (χ1v) is 8.94. The number of nitrogens with one attached hydrogen (secondary N) is 1. The third kappa shape index (κ3) is 4.22. The molecule has 0 fully saturated rings. The number of sulfone groups is 1. The number of carbonyl (C=O) groups excluding carboxylic acids is 1. The van der Waals surface area contributed by atoms with Crippen LogP contribution in [0.2, 0.25) is 10.0 Å². The van der Waals surface area contributed by atoms with Crippen LogP contribution >= 0.6 is 23.2 Å². The molecule has 0 saturated carbocycles. The van der Waals surface area contributed by atoms with Crippen LogP contribution in [-0.4, -0.2) is 20.6 Å². The van der Waals surface area contributed by atoms with Gasteiger partial charge in [0, 0.05) is 23.4 Å². The molecular weight excluding hydrogens is 345 g/mol. The molecular formula is C15H13Cl2NO3S. The van der Waals surface area contributed by atoms with Crippen molar-refractivity contribution in [3.63, 3.8) is 0 Å². The Bertz CT molecular complexity index is 819. The molecule has 22 heavy (non-hydrogen) atoms. The van der Waals surface area contributed by atoms with E-state index >= 15 is 0 Å². The molecule has 0 spiro atoms. The summed E-state index contributed by atoms with van der Waals surface area (Å²) in [4.78, 5) is 12.0. The van der Waals surface area contributed by atoms with E-state index in [9.17, 15) is 13.2 Å². The Kier molecular flexibility index (Phi) is 5.11. The minimum absolute atomic E-state index is 0.0652. The monoisotopic (exact) mass is 357 g/mol. The predicted molar refractivity (Wildman–Crippen MR) is 87.2 cm³/mol. The van der Waals surface area contributed by atoms with E-state index in [-0.39, 0.29) is 27.9 Å². The van der Waals surface area contributed by atoms with Gasteiger partial charge < -0.3 is 5.32 Å². The number of benzene rings is 2. The van der Waals surface area contributed by atoms with Crippen LogP contribution in [0.4, 0.5) is 0 Å². The molecule has 4 nitrogen and oxygen atoms in total. The summed E-state index contributed by atoms with van der Waals surface area (Å²) < 4.78 is 23.2. The molecule has 2 aromatic carbocycles. The number of hydrogen-bond donors (Lipinski definition) is 1. The van der Waals surface area contributed by atoms with Crippen molar-refractivity contribution >= 4 is 38.9 Å². The minimum Gasteiger partial charge on any atom is -0.348 e. The first-order chi connectivity index (χ1) is 10.3. The topological polar surface area (TPSA) is 63.2 Å². The molecule has 0 saturated heterocycles. The average molecular weight is 358 g/mol. The Morgan fingerprint density at radius 1 is 1.14 bits per heavy atom. The number of halogens is 2. The summed E-state index contributed by atoms with van der Waals surface area (Å²) in [5, 5.41) is 3.38. The molecule has 2 rings (SSSR count). The maximum absolute atomic E-state index is 12.1. The zero-order valence-corrected chi connectivity index (χ0v) is 14.0. The second-order valence-corrected chi connectivity index (χ2v) is 7.56. The van der Waals surface area contributed by atoms with Gasteiger partial charge in [0.1, 0.15) is 0 Å². The van der Waals surface area contributed by atoms with Gasteiger partial charge in [-0.3, -0.25) is 4.79 Å². The summed E-state index contributed by atoms with van der Waals surface area (Å²) in [6.45, 7) is 0.288. The number of amides is 1. The van der Waals surface area contributed by atoms with E-state index in [1.165, 1.54) is 18.2 Å². The smallest absolute Gasteiger partial charge is 0.251 e. The summed E-state index contributed by atoms with van der Waals surface area (Å²) >= 11 is 11.7. The first kappa shape index (κ1) is 16.8. The summed E-state index contributed by atoms with van der Waals surface area (Å²) in [6, 6.07) is 11.2. The predicted octanol–water partition coefficient (Wildman–Crippen LogP) is 3.33. The molecule has 0 aliphatic carbocycles. The molecule has 0 aliphatic rings. The average Bonchev–Trinajstić information content (AvgIpc) is 2.44. The Balaban J connectivity index is 2.17. The van der Waals surface area contributed by atoms with Crippen LogP contribution in [-0.2, 0) is 16.4 Å². The molecule has 116 valence electrons. The van der Waals surface area contributed by atoms with Crippen LogP contribution in [0.5, 0.6) is 0 Å². The second kappa shape index (κ2) is 6.69. The quantitative estimate of drug-likeness (QED) is 0.912. The molecule has 0 atom stereocenters. The van der Waals surface area contributed by atoms with Crippen molar-refractivity contribution in [2.75, 3.05) is 6.26 Å². The van der Waals surface area contributed by atoms with Gasteiger partial charge in [0.15, 0.2) is 9.84 Å². The van der Waals surface area contributed by atoms with Gasteiger partial charge in [-0.2, -0.15) is 0 Å². The van der Waals surface area contributed by atoms with Crippen molar-refractivity contribution in [3.05, 3.63) is 63.6 Å². The van der Waals surface area contributed by atoms with E-state index in [1.54, 1.807) is 18.2 Å². The lowest BCUT2D eigenvalue weighted by Gasteiger charge is -2.08. The Morgan fingerprint density at radius 2 is 1.86 bits per heavy atom. The third-order valence-corrected chi connectivity index (χ3v) is 4.75. The van der Waals surface area contributed by atoms with Crippen LogP contribution < -0.4 is 5.32 Å². The molecule has 0 unspecified atom stereocenters.